The van der Waals surface area contributed by atoms with Gasteiger partial charge in [-0.25, -0.2) is 15.0 Å². The number of carbonyl (C=O) groups excluding carboxylic acids is 1. The third-order valence-electron chi connectivity index (χ3n) is 4.80. The lowest BCUT2D eigenvalue weighted by molar-refractivity contribution is -0.138. The SMILES string of the molecule is O=C(C1CCN(c2ncccn2)CC1)N1N=CC[C@H]1c1cccnc1. The van der Waals surface area contributed by atoms with Crippen molar-refractivity contribution in [2.24, 2.45) is 11.0 Å². The minimum atomic E-state index is -0.0308. The molecular formula is C18H20N6O. The molecule has 4 rings (SSSR count). The van der Waals surface area contributed by atoms with Crippen molar-refractivity contribution in [3.05, 3.63) is 48.5 Å². The van der Waals surface area contributed by atoms with E-state index in [0.717, 1.165) is 43.9 Å². The first-order valence-electron chi connectivity index (χ1n) is 8.60. The van der Waals surface area contributed by atoms with E-state index in [4.69, 9.17) is 0 Å². The van der Waals surface area contributed by atoms with E-state index in [-0.39, 0.29) is 17.9 Å². The molecule has 0 aliphatic carbocycles. The van der Waals surface area contributed by atoms with Crippen LogP contribution in [0.2, 0.25) is 0 Å². The van der Waals surface area contributed by atoms with Crippen LogP contribution in [0.5, 0.6) is 0 Å². The Bertz CT molecular complexity index is 743. The fraction of sp³-hybridized carbons (Fsp3) is 0.389. The van der Waals surface area contributed by atoms with Crippen LogP contribution in [0.25, 0.3) is 0 Å². The molecular weight excluding hydrogens is 316 g/mol. The number of piperidine rings is 1. The molecule has 0 N–H and O–H groups in total. The predicted octanol–water partition coefficient (Wildman–Crippen LogP) is 2.05. The van der Waals surface area contributed by atoms with Crippen molar-refractivity contribution in [3.8, 4) is 0 Å². The zero-order chi connectivity index (χ0) is 17.1. The second kappa shape index (κ2) is 6.96. The average Bonchev–Trinajstić information content (AvgIpc) is 3.19. The molecule has 0 unspecified atom stereocenters. The summed E-state index contributed by atoms with van der Waals surface area (Å²) in [5.74, 6) is 0.839. The molecule has 1 amide bonds. The van der Waals surface area contributed by atoms with Gasteiger partial charge in [-0.15, -0.1) is 0 Å². The van der Waals surface area contributed by atoms with Gasteiger partial charge in [0.05, 0.1) is 6.04 Å². The molecule has 2 aromatic rings. The Morgan fingerprint density at radius 3 is 2.60 bits per heavy atom. The van der Waals surface area contributed by atoms with Crippen LogP contribution < -0.4 is 4.90 Å². The summed E-state index contributed by atoms with van der Waals surface area (Å²) in [4.78, 5) is 27.8. The Morgan fingerprint density at radius 1 is 1.08 bits per heavy atom. The van der Waals surface area contributed by atoms with E-state index in [1.54, 1.807) is 23.6 Å². The monoisotopic (exact) mass is 336 g/mol. The highest BCUT2D eigenvalue weighted by Gasteiger charge is 2.35. The quantitative estimate of drug-likeness (QED) is 0.857. The molecule has 0 aromatic carbocycles. The molecule has 2 aliphatic rings. The Balaban J connectivity index is 1.41. The van der Waals surface area contributed by atoms with Crippen molar-refractivity contribution in [2.45, 2.75) is 25.3 Å². The summed E-state index contributed by atoms with van der Waals surface area (Å²) < 4.78 is 0. The third-order valence-corrected chi connectivity index (χ3v) is 4.80. The van der Waals surface area contributed by atoms with Crippen LogP contribution in [-0.4, -0.2) is 45.2 Å². The summed E-state index contributed by atoms with van der Waals surface area (Å²) >= 11 is 0. The number of rotatable bonds is 3. The van der Waals surface area contributed by atoms with Crippen molar-refractivity contribution < 1.29 is 4.79 Å². The maximum atomic E-state index is 13.0. The molecule has 0 radical (unpaired) electrons. The van der Waals surface area contributed by atoms with Crippen LogP contribution >= 0.6 is 0 Å². The van der Waals surface area contributed by atoms with Crippen LogP contribution in [-0.2, 0) is 4.79 Å². The molecule has 25 heavy (non-hydrogen) atoms. The maximum absolute atomic E-state index is 13.0. The average molecular weight is 336 g/mol. The van der Waals surface area contributed by atoms with Gasteiger partial charge in [-0.1, -0.05) is 6.07 Å². The number of hydrazone groups is 1. The minimum absolute atomic E-state index is 0.00520. The van der Waals surface area contributed by atoms with E-state index in [1.165, 1.54) is 0 Å². The summed E-state index contributed by atoms with van der Waals surface area (Å²) in [5, 5.41) is 5.99. The summed E-state index contributed by atoms with van der Waals surface area (Å²) in [6, 6.07) is 5.68. The zero-order valence-corrected chi connectivity index (χ0v) is 13.9. The number of anilines is 1. The molecule has 1 fully saturated rings. The summed E-state index contributed by atoms with van der Waals surface area (Å²) in [6.45, 7) is 1.57. The van der Waals surface area contributed by atoms with E-state index in [2.05, 4.69) is 25.0 Å². The predicted molar refractivity (Wildman–Crippen MR) is 93.9 cm³/mol. The van der Waals surface area contributed by atoms with Crippen LogP contribution in [0, 0.1) is 5.92 Å². The minimum Gasteiger partial charge on any atom is -0.341 e. The topological polar surface area (TPSA) is 74.6 Å². The van der Waals surface area contributed by atoms with Gasteiger partial charge in [0.25, 0.3) is 0 Å². The number of nitrogens with zero attached hydrogens (tertiary/aromatic N) is 6. The second-order valence-corrected chi connectivity index (χ2v) is 6.33. The van der Waals surface area contributed by atoms with Gasteiger partial charge >= 0.3 is 0 Å². The molecule has 2 aromatic heterocycles. The summed E-state index contributed by atoms with van der Waals surface area (Å²) in [7, 11) is 0. The molecule has 1 atom stereocenters. The first-order valence-corrected chi connectivity index (χ1v) is 8.60. The third kappa shape index (κ3) is 3.22. The van der Waals surface area contributed by atoms with E-state index < -0.39 is 0 Å². The Kier molecular flexibility index (Phi) is 4.37. The van der Waals surface area contributed by atoms with Crippen LogP contribution in [0.15, 0.2) is 48.1 Å². The molecule has 0 spiro atoms. The molecule has 1 saturated heterocycles. The van der Waals surface area contributed by atoms with Crippen LogP contribution in [0.3, 0.4) is 0 Å². The van der Waals surface area contributed by atoms with E-state index >= 15 is 0 Å². The van der Waals surface area contributed by atoms with E-state index in [1.807, 2.05) is 30.6 Å². The number of hydrogen-bond donors (Lipinski definition) is 0. The normalized spacial score (nSPS) is 20.9. The maximum Gasteiger partial charge on any atom is 0.246 e. The number of hydrogen-bond acceptors (Lipinski definition) is 6. The standard InChI is InChI=1S/C18H20N6O/c25-17(24-16(4-10-22-24)15-3-1-7-19-13-15)14-5-11-23(12-6-14)18-20-8-2-9-21-18/h1-3,7-10,13-14,16H,4-6,11-12H2/t16-/m0/s1. The molecule has 128 valence electrons. The van der Waals surface area contributed by atoms with Gasteiger partial charge in [0.2, 0.25) is 11.9 Å². The number of pyridine rings is 1. The number of aromatic nitrogens is 3. The van der Waals surface area contributed by atoms with Gasteiger partial charge in [-0.05, 0) is 30.5 Å². The van der Waals surface area contributed by atoms with Gasteiger partial charge in [-0.2, -0.15) is 5.10 Å². The highest BCUT2D eigenvalue weighted by Crippen LogP contribution is 2.31. The largest absolute Gasteiger partial charge is 0.341 e. The fourth-order valence-electron chi connectivity index (χ4n) is 3.44. The second-order valence-electron chi connectivity index (χ2n) is 6.33. The van der Waals surface area contributed by atoms with Gasteiger partial charge in [-0.3, -0.25) is 9.78 Å². The number of amides is 1. The lowest BCUT2D eigenvalue weighted by Crippen LogP contribution is -2.41. The molecule has 0 bridgehead atoms. The molecule has 4 heterocycles. The summed E-state index contributed by atoms with van der Waals surface area (Å²) in [5.41, 5.74) is 1.03. The number of carbonyl (C=O) groups is 1. The lowest BCUT2D eigenvalue weighted by Gasteiger charge is -2.33. The zero-order valence-electron chi connectivity index (χ0n) is 13.9. The van der Waals surface area contributed by atoms with Gasteiger partial charge in [0.15, 0.2) is 0 Å². The van der Waals surface area contributed by atoms with E-state index in [9.17, 15) is 4.79 Å². The Morgan fingerprint density at radius 2 is 1.88 bits per heavy atom. The van der Waals surface area contributed by atoms with Gasteiger partial charge < -0.3 is 4.90 Å². The van der Waals surface area contributed by atoms with Crippen molar-refractivity contribution in [1.29, 1.82) is 0 Å². The fourth-order valence-corrected chi connectivity index (χ4v) is 3.44. The highest BCUT2D eigenvalue weighted by molar-refractivity contribution is 5.82. The van der Waals surface area contributed by atoms with Crippen molar-refractivity contribution in [1.82, 2.24) is 20.0 Å². The molecule has 2 aliphatic heterocycles. The smallest absolute Gasteiger partial charge is 0.246 e. The highest BCUT2D eigenvalue weighted by atomic mass is 16.2. The Labute approximate surface area is 146 Å². The molecule has 7 nitrogen and oxygen atoms in total. The first-order chi connectivity index (χ1) is 12.3. The molecule has 0 saturated carbocycles. The first kappa shape index (κ1) is 15.7. The van der Waals surface area contributed by atoms with E-state index in [0.29, 0.717) is 0 Å². The Hall–Kier alpha value is -2.83. The van der Waals surface area contributed by atoms with Crippen LogP contribution in [0.1, 0.15) is 30.9 Å². The summed E-state index contributed by atoms with van der Waals surface area (Å²) in [6.07, 6.45) is 11.2. The van der Waals surface area contributed by atoms with Gasteiger partial charge in [0, 0.05) is 56.4 Å². The van der Waals surface area contributed by atoms with Crippen molar-refractivity contribution >= 4 is 18.1 Å². The van der Waals surface area contributed by atoms with Crippen LogP contribution in [0.4, 0.5) is 5.95 Å². The molecule has 7 heteroatoms. The lowest BCUT2D eigenvalue weighted by atomic mass is 9.95. The van der Waals surface area contributed by atoms with Crippen molar-refractivity contribution in [3.63, 3.8) is 0 Å². The van der Waals surface area contributed by atoms with Gasteiger partial charge in [0.1, 0.15) is 0 Å². The van der Waals surface area contributed by atoms with Crippen molar-refractivity contribution in [2.75, 3.05) is 18.0 Å².